The fraction of sp³-hybridized carbons (Fsp3) is 0.0294. The summed E-state index contributed by atoms with van der Waals surface area (Å²) in [7, 11) is 0. The van der Waals surface area contributed by atoms with Gasteiger partial charge in [0.2, 0.25) is 5.28 Å². The van der Waals surface area contributed by atoms with Crippen LogP contribution in [0.1, 0.15) is 22.3 Å². The molecule has 0 bridgehead atoms. The first kappa shape index (κ1) is 23.8. The average Bonchev–Trinajstić information content (AvgIpc) is 3.00. The van der Waals surface area contributed by atoms with Crippen molar-refractivity contribution in [2.45, 2.75) is 5.41 Å². The highest BCUT2D eigenvalue weighted by atomic mass is 35.5. The van der Waals surface area contributed by atoms with Crippen LogP contribution < -0.4 is 0 Å². The molecule has 0 unspecified atom stereocenters. The lowest BCUT2D eigenvalue weighted by molar-refractivity contribution is 0.745. The van der Waals surface area contributed by atoms with E-state index in [-0.39, 0.29) is 5.28 Å². The third-order valence-corrected chi connectivity index (χ3v) is 6.98. The lowest BCUT2D eigenvalue weighted by atomic mass is 9.65. The first-order chi connectivity index (χ1) is 18.7. The molecule has 0 fully saturated rings. The van der Waals surface area contributed by atoms with Gasteiger partial charge in [-0.25, -0.2) is 4.98 Å². The Balaban J connectivity index is 1.60. The van der Waals surface area contributed by atoms with Gasteiger partial charge in [0.05, 0.1) is 5.41 Å². The van der Waals surface area contributed by atoms with Gasteiger partial charge in [0, 0.05) is 11.1 Å². The summed E-state index contributed by atoms with van der Waals surface area (Å²) in [6.07, 6.45) is 0. The predicted molar refractivity (Wildman–Crippen MR) is 154 cm³/mol. The maximum absolute atomic E-state index is 6.40. The molecule has 0 aliphatic rings. The van der Waals surface area contributed by atoms with E-state index in [2.05, 4.69) is 119 Å². The number of rotatable bonds is 6. The summed E-state index contributed by atoms with van der Waals surface area (Å²) in [5, 5.41) is 0.166. The number of nitrogens with zero attached hydrogens (tertiary/aromatic N) is 3. The molecule has 1 heterocycles. The van der Waals surface area contributed by atoms with Crippen LogP contribution >= 0.6 is 11.6 Å². The van der Waals surface area contributed by atoms with Crippen LogP contribution in [0.25, 0.3) is 22.8 Å². The molecule has 0 saturated carbocycles. The van der Waals surface area contributed by atoms with Crippen molar-refractivity contribution in [3.05, 3.63) is 173 Å². The fourth-order valence-corrected chi connectivity index (χ4v) is 5.31. The van der Waals surface area contributed by atoms with Gasteiger partial charge in [0.25, 0.3) is 0 Å². The normalized spacial score (nSPS) is 11.3. The Morgan fingerprint density at radius 3 is 1.29 bits per heavy atom. The molecule has 0 atom stereocenters. The van der Waals surface area contributed by atoms with Gasteiger partial charge in [-0.2, -0.15) is 9.97 Å². The zero-order chi connectivity index (χ0) is 25.8. The molecule has 0 amide bonds. The number of halogens is 1. The molecule has 0 aliphatic carbocycles. The van der Waals surface area contributed by atoms with E-state index in [1.807, 2.05) is 36.4 Å². The Hall–Kier alpha value is -4.60. The van der Waals surface area contributed by atoms with Crippen LogP contribution in [0.3, 0.4) is 0 Å². The van der Waals surface area contributed by atoms with Crippen molar-refractivity contribution in [3.63, 3.8) is 0 Å². The standard InChI is InChI=1S/C34H24ClN3/c35-33-37-31(25-14-5-1-6-15-25)36-32(38-33)26-16-13-23-30(24-26)34(27-17-7-2-8-18-27,28-19-9-3-10-20-28)29-21-11-4-12-22-29/h1-24H. The van der Waals surface area contributed by atoms with Gasteiger partial charge in [-0.1, -0.05) is 140 Å². The molecule has 1 aromatic heterocycles. The van der Waals surface area contributed by atoms with Gasteiger partial charge in [-0.15, -0.1) is 0 Å². The van der Waals surface area contributed by atoms with Crippen molar-refractivity contribution in [2.24, 2.45) is 0 Å². The van der Waals surface area contributed by atoms with E-state index < -0.39 is 5.41 Å². The number of hydrogen-bond acceptors (Lipinski definition) is 3. The SMILES string of the molecule is Clc1nc(-c2ccccc2)nc(-c2cccc(C(c3ccccc3)(c3ccccc3)c3ccccc3)c2)n1. The van der Waals surface area contributed by atoms with Crippen molar-refractivity contribution in [1.82, 2.24) is 15.0 Å². The Labute approximate surface area is 227 Å². The molecule has 4 heteroatoms. The van der Waals surface area contributed by atoms with Crippen LogP contribution in [0.15, 0.2) is 146 Å². The fourth-order valence-electron chi connectivity index (χ4n) is 5.15. The van der Waals surface area contributed by atoms with Gasteiger partial charge in [0.1, 0.15) is 0 Å². The molecule has 0 saturated heterocycles. The van der Waals surface area contributed by atoms with Crippen molar-refractivity contribution in [1.29, 1.82) is 0 Å². The van der Waals surface area contributed by atoms with E-state index in [0.717, 1.165) is 16.7 Å². The molecule has 0 aliphatic heterocycles. The molecular formula is C34H24ClN3. The van der Waals surface area contributed by atoms with Crippen LogP contribution in [0.2, 0.25) is 5.28 Å². The van der Waals surface area contributed by atoms with Gasteiger partial charge in [-0.3, -0.25) is 0 Å². The summed E-state index contributed by atoms with van der Waals surface area (Å²) in [5.41, 5.74) is 5.84. The zero-order valence-electron chi connectivity index (χ0n) is 20.6. The minimum Gasteiger partial charge on any atom is -0.208 e. The number of hydrogen-bond donors (Lipinski definition) is 0. The largest absolute Gasteiger partial charge is 0.226 e. The highest BCUT2D eigenvalue weighted by Crippen LogP contribution is 2.45. The van der Waals surface area contributed by atoms with Gasteiger partial charge in [-0.05, 0) is 39.9 Å². The second-order valence-corrected chi connectivity index (χ2v) is 9.38. The summed E-state index contributed by atoms with van der Waals surface area (Å²) < 4.78 is 0. The maximum atomic E-state index is 6.40. The van der Waals surface area contributed by atoms with Crippen LogP contribution in [0, 0.1) is 0 Å². The molecule has 0 N–H and O–H groups in total. The molecule has 5 aromatic carbocycles. The highest BCUT2D eigenvalue weighted by molar-refractivity contribution is 6.28. The molecule has 182 valence electrons. The van der Waals surface area contributed by atoms with Crippen molar-refractivity contribution in [3.8, 4) is 22.8 Å². The Bertz CT molecular complexity index is 1560. The van der Waals surface area contributed by atoms with Crippen molar-refractivity contribution >= 4 is 11.6 Å². The van der Waals surface area contributed by atoms with E-state index in [9.17, 15) is 0 Å². The Morgan fingerprint density at radius 2 is 0.789 bits per heavy atom. The minimum absolute atomic E-state index is 0.166. The van der Waals surface area contributed by atoms with Gasteiger partial charge in [0.15, 0.2) is 11.6 Å². The number of aromatic nitrogens is 3. The maximum Gasteiger partial charge on any atom is 0.226 e. The Morgan fingerprint density at radius 1 is 0.395 bits per heavy atom. The lowest BCUT2D eigenvalue weighted by Gasteiger charge is -2.37. The smallest absolute Gasteiger partial charge is 0.208 e. The summed E-state index contributed by atoms with van der Waals surface area (Å²) in [4.78, 5) is 13.7. The second-order valence-electron chi connectivity index (χ2n) is 9.05. The average molecular weight is 510 g/mol. The third kappa shape index (κ3) is 4.38. The summed E-state index contributed by atoms with van der Waals surface area (Å²) in [6, 6.07) is 50.2. The van der Waals surface area contributed by atoms with Gasteiger partial charge >= 0.3 is 0 Å². The van der Waals surface area contributed by atoms with E-state index in [4.69, 9.17) is 16.6 Å². The van der Waals surface area contributed by atoms with Gasteiger partial charge < -0.3 is 0 Å². The first-order valence-electron chi connectivity index (χ1n) is 12.5. The topological polar surface area (TPSA) is 38.7 Å². The van der Waals surface area contributed by atoms with E-state index in [1.54, 1.807) is 0 Å². The highest BCUT2D eigenvalue weighted by Gasteiger charge is 2.38. The van der Waals surface area contributed by atoms with E-state index in [0.29, 0.717) is 11.6 Å². The van der Waals surface area contributed by atoms with Crippen LogP contribution in [-0.2, 0) is 5.41 Å². The van der Waals surface area contributed by atoms with E-state index >= 15 is 0 Å². The lowest BCUT2D eigenvalue weighted by Crippen LogP contribution is -2.31. The first-order valence-corrected chi connectivity index (χ1v) is 12.9. The van der Waals surface area contributed by atoms with Crippen LogP contribution in [-0.4, -0.2) is 15.0 Å². The third-order valence-electron chi connectivity index (χ3n) is 6.81. The molecule has 3 nitrogen and oxygen atoms in total. The van der Waals surface area contributed by atoms with Crippen LogP contribution in [0.5, 0.6) is 0 Å². The molecule has 6 aromatic rings. The van der Waals surface area contributed by atoms with Crippen LogP contribution in [0.4, 0.5) is 0 Å². The molecular weight excluding hydrogens is 486 g/mol. The zero-order valence-corrected chi connectivity index (χ0v) is 21.3. The van der Waals surface area contributed by atoms with E-state index in [1.165, 1.54) is 16.7 Å². The summed E-state index contributed by atoms with van der Waals surface area (Å²) in [5.74, 6) is 1.08. The second kappa shape index (κ2) is 10.4. The number of benzene rings is 5. The quantitative estimate of drug-likeness (QED) is 0.212. The molecule has 6 rings (SSSR count). The molecule has 38 heavy (non-hydrogen) atoms. The molecule has 0 radical (unpaired) electrons. The summed E-state index contributed by atoms with van der Waals surface area (Å²) in [6.45, 7) is 0. The molecule has 0 spiro atoms. The Kier molecular flexibility index (Phi) is 6.51. The van der Waals surface area contributed by atoms with Crippen molar-refractivity contribution < 1.29 is 0 Å². The van der Waals surface area contributed by atoms with Crippen molar-refractivity contribution in [2.75, 3.05) is 0 Å². The minimum atomic E-state index is -0.557. The summed E-state index contributed by atoms with van der Waals surface area (Å²) >= 11 is 6.40. The predicted octanol–water partition coefficient (Wildman–Crippen LogP) is 8.24. The monoisotopic (exact) mass is 509 g/mol.